The third kappa shape index (κ3) is 76.1. The van der Waals surface area contributed by atoms with Gasteiger partial charge in [-0.15, -0.1) is 0 Å². The molecule has 0 aliphatic carbocycles. The zero-order chi connectivity index (χ0) is 73.9. The van der Waals surface area contributed by atoms with E-state index in [1.807, 2.05) is 0 Å². The topological polar surface area (TPSA) is 237 Å². The van der Waals surface area contributed by atoms with Crippen LogP contribution in [0.1, 0.15) is 445 Å². The van der Waals surface area contributed by atoms with Gasteiger partial charge in [0, 0.05) is 25.7 Å². The molecule has 2 unspecified atom stereocenters. The Morgan fingerprint density at radius 1 is 0.238 bits per heavy atom. The highest BCUT2D eigenvalue weighted by molar-refractivity contribution is 7.47. The molecule has 0 saturated heterocycles. The Labute approximate surface area is 619 Å². The maximum atomic E-state index is 13.1. The number of carbonyl (C=O) groups excluding carboxylic acids is 4. The first-order valence-corrected chi connectivity index (χ1v) is 45.8. The summed E-state index contributed by atoms with van der Waals surface area (Å²) in [7, 11) is -9.92. The normalized spacial score (nSPS) is 13.8. The first-order chi connectivity index (χ1) is 49.2. The summed E-state index contributed by atoms with van der Waals surface area (Å²) in [5.41, 5.74) is 0. The van der Waals surface area contributed by atoms with Gasteiger partial charge in [-0.25, -0.2) is 9.13 Å². The Kier molecular flexibility index (Phi) is 74.8. The lowest BCUT2D eigenvalue weighted by atomic mass is 10.0. The summed E-state index contributed by atoms with van der Waals surface area (Å²) in [5.74, 6) is -2.10. The minimum Gasteiger partial charge on any atom is -0.462 e. The van der Waals surface area contributed by atoms with Gasteiger partial charge in [0.25, 0.3) is 0 Å². The molecule has 0 heterocycles. The van der Waals surface area contributed by atoms with Crippen molar-refractivity contribution in [3.05, 3.63) is 0 Å². The van der Waals surface area contributed by atoms with Crippen LogP contribution >= 0.6 is 15.6 Å². The Morgan fingerprint density at radius 2 is 0.396 bits per heavy atom. The van der Waals surface area contributed by atoms with Gasteiger partial charge in [-0.3, -0.25) is 37.3 Å². The van der Waals surface area contributed by atoms with Crippen LogP contribution in [0, 0.1) is 0 Å². The van der Waals surface area contributed by atoms with E-state index in [9.17, 15) is 43.2 Å². The summed E-state index contributed by atoms with van der Waals surface area (Å²) in [6.45, 7) is 5.03. The maximum Gasteiger partial charge on any atom is 0.472 e. The number of rotatable bonds is 83. The van der Waals surface area contributed by atoms with E-state index in [2.05, 4.69) is 27.7 Å². The number of hydrogen-bond donors (Lipinski definition) is 3. The van der Waals surface area contributed by atoms with Crippen molar-refractivity contribution >= 4 is 39.5 Å². The SMILES string of the molecule is CCCCCCCCCCCCCCCCCCCCCCC(=O)O[C@H](COC(=O)CCCCCCCCCCCCCCCCCCC)COP(=O)(O)OC[C@@H](O)COP(=O)(O)OC[C@@H](COC(=O)CCCCCCCCCCCC)OC(=O)CCCCCCCCCCCCCCCC. The van der Waals surface area contributed by atoms with Crippen LogP contribution in [0.4, 0.5) is 0 Å². The molecule has 101 heavy (non-hydrogen) atoms. The van der Waals surface area contributed by atoms with Crippen molar-refractivity contribution in [1.82, 2.24) is 0 Å². The summed E-state index contributed by atoms with van der Waals surface area (Å²) < 4.78 is 68.7. The quantitative estimate of drug-likeness (QED) is 0.0222. The fourth-order valence-corrected chi connectivity index (χ4v) is 14.4. The Morgan fingerprint density at radius 3 is 0.584 bits per heavy atom. The monoisotopic (exact) mass is 1480 g/mol. The first kappa shape index (κ1) is 99.1. The predicted molar refractivity (Wildman–Crippen MR) is 414 cm³/mol. The van der Waals surface area contributed by atoms with Crippen molar-refractivity contribution in [3.8, 4) is 0 Å². The van der Waals surface area contributed by atoms with Crippen molar-refractivity contribution in [3.63, 3.8) is 0 Å². The molecule has 0 aliphatic rings. The number of aliphatic hydroxyl groups excluding tert-OH is 1. The zero-order valence-electron chi connectivity index (χ0n) is 65.9. The van der Waals surface area contributed by atoms with Crippen LogP contribution in [-0.4, -0.2) is 96.7 Å². The predicted octanol–water partition coefficient (Wildman–Crippen LogP) is 25.0. The van der Waals surface area contributed by atoms with Crippen molar-refractivity contribution < 1.29 is 80.2 Å². The number of phosphoric ester groups is 2. The number of carbonyl (C=O) groups is 4. The first-order valence-electron chi connectivity index (χ1n) is 42.8. The third-order valence-corrected chi connectivity index (χ3v) is 21.3. The molecule has 0 aromatic heterocycles. The van der Waals surface area contributed by atoms with Crippen molar-refractivity contribution in [2.24, 2.45) is 0 Å². The van der Waals surface area contributed by atoms with E-state index < -0.39 is 97.5 Å². The smallest absolute Gasteiger partial charge is 0.462 e. The van der Waals surface area contributed by atoms with Gasteiger partial charge in [0.2, 0.25) is 0 Å². The summed E-state index contributed by atoms with van der Waals surface area (Å²) in [6, 6.07) is 0. The lowest BCUT2D eigenvalue weighted by Gasteiger charge is -2.21. The minimum absolute atomic E-state index is 0.109. The second-order valence-electron chi connectivity index (χ2n) is 29.5. The Bertz CT molecular complexity index is 1910. The Balaban J connectivity index is 5.22. The van der Waals surface area contributed by atoms with Gasteiger partial charge in [0.05, 0.1) is 26.4 Å². The summed E-state index contributed by atoms with van der Waals surface area (Å²) in [4.78, 5) is 73.0. The average Bonchev–Trinajstić information content (AvgIpc) is 0.956. The molecule has 5 atom stereocenters. The molecule has 0 fully saturated rings. The molecule has 0 radical (unpaired) electrons. The van der Waals surface area contributed by atoms with Crippen LogP contribution in [0.15, 0.2) is 0 Å². The van der Waals surface area contributed by atoms with Crippen LogP contribution in [-0.2, 0) is 65.4 Å². The van der Waals surface area contributed by atoms with E-state index >= 15 is 0 Å². The van der Waals surface area contributed by atoms with Gasteiger partial charge in [-0.05, 0) is 25.7 Å². The van der Waals surface area contributed by atoms with Crippen molar-refractivity contribution in [2.75, 3.05) is 39.6 Å². The highest BCUT2D eigenvalue weighted by atomic mass is 31.2. The number of unbranched alkanes of at least 4 members (excludes halogenated alkanes) is 57. The fourth-order valence-electron chi connectivity index (χ4n) is 12.8. The summed E-state index contributed by atoms with van der Waals surface area (Å²) >= 11 is 0. The number of aliphatic hydroxyl groups is 1. The standard InChI is InChI=1S/C82H160O17P2/c1-5-9-13-17-21-25-29-32-35-37-38-39-41-43-46-49-53-57-61-65-69-82(87)99-78(73-93-80(85)67-63-59-55-51-47-45-42-40-36-33-30-26-22-18-14-10-6-2)75-97-101(90,91)95-71-76(83)70-94-100(88,89)96-74-77(72-92-79(84)66-62-58-54-50-28-24-20-16-12-8-4)98-81(86)68-64-60-56-52-48-44-34-31-27-23-19-15-11-7-3/h76-78,83H,5-75H2,1-4H3,(H,88,89)(H,90,91)/t76-,77+,78+/m0/s1. The highest BCUT2D eigenvalue weighted by Crippen LogP contribution is 2.45. The molecule has 0 spiro atoms. The highest BCUT2D eigenvalue weighted by Gasteiger charge is 2.30. The van der Waals surface area contributed by atoms with E-state index in [1.54, 1.807) is 0 Å². The van der Waals surface area contributed by atoms with Crippen molar-refractivity contribution in [2.45, 2.75) is 463 Å². The van der Waals surface area contributed by atoms with Crippen LogP contribution < -0.4 is 0 Å². The summed E-state index contributed by atoms with van der Waals surface area (Å²) in [6.07, 6.45) is 69.3. The van der Waals surface area contributed by atoms with E-state index in [1.165, 1.54) is 276 Å². The van der Waals surface area contributed by atoms with Gasteiger partial charge in [-0.2, -0.15) is 0 Å². The molecule has 19 heteroatoms. The fraction of sp³-hybridized carbons (Fsp3) is 0.951. The Hall–Kier alpha value is -1.94. The number of ether oxygens (including phenoxy) is 4. The van der Waals surface area contributed by atoms with E-state index in [4.69, 9.17) is 37.0 Å². The number of phosphoric acid groups is 2. The van der Waals surface area contributed by atoms with Gasteiger partial charge in [0.15, 0.2) is 12.2 Å². The molecule has 0 aromatic carbocycles. The molecule has 0 bridgehead atoms. The van der Waals surface area contributed by atoms with E-state index in [0.717, 1.165) is 89.9 Å². The van der Waals surface area contributed by atoms with Crippen molar-refractivity contribution in [1.29, 1.82) is 0 Å². The zero-order valence-corrected chi connectivity index (χ0v) is 67.7. The van der Waals surface area contributed by atoms with Crippen LogP contribution in [0.3, 0.4) is 0 Å². The second-order valence-corrected chi connectivity index (χ2v) is 32.4. The molecule has 0 amide bonds. The molecule has 600 valence electrons. The van der Waals surface area contributed by atoms with Gasteiger partial charge < -0.3 is 33.8 Å². The van der Waals surface area contributed by atoms with E-state index in [0.29, 0.717) is 25.7 Å². The molecule has 0 aliphatic heterocycles. The molecule has 0 rings (SSSR count). The molecular formula is C82H160O17P2. The minimum atomic E-state index is -4.96. The van der Waals surface area contributed by atoms with Crippen LogP contribution in [0.25, 0.3) is 0 Å². The lowest BCUT2D eigenvalue weighted by Crippen LogP contribution is -2.30. The summed E-state index contributed by atoms with van der Waals surface area (Å²) in [5, 5.41) is 10.6. The molecule has 0 aromatic rings. The van der Waals surface area contributed by atoms with Gasteiger partial charge >= 0.3 is 39.5 Å². The van der Waals surface area contributed by atoms with E-state index in [-0.39, 0.29) is 25.7 Å². The maximum absolute atomic E-state index is 13.1. The number of hydrogen-bond acceptors (Lipinski definition) is 15. The van der Waals surface area contributed by atoms with Crippen LogP contribution in [0.2, 0.25) is 0 Å². The molecule has 0 saturated carbocycles. The molecule has 17 nitrogen and oxygen atoms in total. The van der Waals surface area contributed by atoms with Gasteiger partial charge in [-0.1, -0.05) is 394 Å². The third-order valence-electron chi connectivity index (χ3n) is 19.4. The lowest BCUT2D eigenvalue weighted by molar-refractivity contribution is -0.161. The van der Waals surface area contributed by atoms with Gasteiger partial charge in [0.1, 0.15) is 19.3 Å². The number of esters is 4. The van der Waals surface area contributed by atoms with Crippen LogP contribution in [0.5, 0.6) is 0 Å². The average molecular weight is 1480 g/mol. The molecule has 3 N–H and O–H groups in total. The largest absolute Gasteiger partial charge is 0.472 e. The second kappa shape index (κ2) is 76.3. The molecular weight excluding hydrogens is 1320 g/mol.